The van der Waals surface area contributed by atoms with E-state index in [1.54, 1.807) is 0 Å². The Kier molecular flexibility index (Phi) is 4.33. The van der Waals surface area contributed by atoms with Crippen LogP contribution in [0, 0.1) is 0 Å². The van der Waals surface area contributed by atoms with E-state index in [-0.39, 0.29) is 27.7 Å². The van der Waals surface area contributed by atoms with Crippen LogP contribution in [0.2, 0.25) is 5.28 Å². The summed E-state index contributed by atoms with van der Waals surface area (Å²) in [5.41, 5.74) is 0. The SMILES string of the molecule is O=S(=O)(NC1CCS(O)(O)CC1)c1cnc(Cl)nc1. The van der Waals surface area contributed by atoms with Crippen molar-refractivity contribution in [3.8, 4) is 0 Å². The molecule has 0 atom stereocenters. The Labute approximate surface area is 117 Å². The number of sulfonamides is 1. The lowest BCUT2D eigenvalue weighted by atomic mass is 10.2. The Morgan fingerprint density at radius 1 is 1.26 bits per heavy atom. The van der Waals surface area contributed by atoms with E-state index in [1.807, 2.05) is 0 Å². The van der Waals surface area contributed by atoms with Gasteiger partial charge in [-0.2, -0.15) is 10.6 Å². The van der Waals surface area contributed by atoms with Crippen LogP contribution in [0.1, 0.15) is 12.8 Å². The molecule has 0 bridgehead atoms. The topological polar surface area (TPSA) is 112 Å². The molecule has 0 aliphatic carbocycles. The lowest BCUT2D eigenvalue weighted by Crippen LogP contribution is -2.39. The van der Waals surface area contributed by atoms with Crippen LogP contribution in [0.3, 0.4) is 0 Å². The highest BCUT2D eigenvalue weighted by molar-refractivity contribution is 8.24. The first-order chi connectivity index (χ1) is 8.78. The van der Waals surface area contributed by atoms with Gasteiger partial charge in [0.2, 0.25) is 15.3 Å². The minimum absolute atomic E-state index is 0.0226. The van der Waals surface area contributed by atoms with Crippen LogP contribution in [0.15, 0.2) is 17.3 Å². The molecule has 1 aromatic rings. The summed E-state index contributed by atoms with van der Waals surface area (Å²) in [7, 11) is -6.22. The first-order valence-corrected chi connectivity index (χ1v) is 9.27. The Morgan fingerprint density at radius 2 is 1.79 bits per heavy atom. The van der Waals surface area contributed by atoms with Crippen LogP contribution in [0.5, 0.6) is 0 Å². The lowest BCUT2D eigenvalue weighted by Gasteiger charge is -2.39. The van der Waals surface area contributed by atoms with Crippen molar-refractivity contribution in [1.82, 2.24) is 14.7 Å². The zero-order chi connectivity index (χ0) is 14.1. The van der Waals surface area contributed by atoms with Crippen LogP contribution >= 0.6 is 22.2 Å². The van der Waals surface area contributed by atoms with Crippen molar-refractivity contribution >= 4 is 32.2 Å². The molecule has 2 heterocycles. The quantitative estimate of drug-likeness (QED) is 0.722. The second kappa shape index (κ2) is 5.51. The highest BCUT2D eigenvalue weighted by Crippen LogP contribution is 2.43. The van der Waals surface area contributed by atoms with E-state index in [9.17, 15) is 17.5 Å². The second-order valence-corrected chi connectivity index (χ2v) is 8.77. The van der Waals surface area contributed by atoms with Gasteiger partial charge in [0.05, 0.1) is 12.4 Å². The van der Waals surface area contributed by atoms with Gasteiger partial charge in [0.25, 0.3) is 0 Å². The summed E-state index contributed by atoms with van der Waals surface area (Å²) in [5.74, 6) is 0.439. The molecule has 3 N–H and O–H groups in total. The fourth-order valence-electron chi connectivity index (χ4n) is 1.75. The average Bonchev–Trinajstić information content (AvgIpc) is 2.32. The van der Waals surface area contributed by atoms with Crippen LogP contribution in [-0.2, 0) is 10.0 Å². The molecule has 0 amide bonds. The van der Waals surface area contributed by atoms with E-state index in [0.29, 0.717) is 12.8 Å². The number of aromatic nitrogens is 2. The summed E-state index contributed by atoms with van der Waals surface area (Å²) >= 11 is 5.49. The molecule has 1 saturated heterocycles. The third kappa shape index (κ3) is 4.01. The van der Waals surface area contributed by atoms with Crippen molar-refractivity contribution in [2.75, 3.05) is 11.5 Å². The zero-order valence-corrected chi connectivity index (χ0v) is 12.2. The number of halogens is 1. The normalized spacial score (nSPS) is 22.1. The lowest BCUT2D eigenvalue weighted by molar-refractivity contribution is 0.444. The largest absolute Gasteiger partial charge is 0.299 e. The summed E-state index contributed by atoms with van der Waals surface area (Å²) in [5, 5.41) is -0.0226. The highest BCUT2D eigenvalue weighted by atomic mass is 35.5. The van der Waals surface area contributed by atoms with Gasteiger partial charge in [-0.25, -0.2) is 23.1 Å². The summed E-state index contributed by atoms with van der Waals surface area (Å²) in [6.45, 7) is 0. The molecule has 1 aliphatic rings. The van der Waals surface area contributed by atoms with Crippen molar-refractivity contribution in [1.29, 1.82) is 0 Å². The maximum absolute atomic E-state index is 12.0. The minimum Gasteiger partial charge on any atom is -0.299 e. The van der Waals surface area contributed by atoms with E-state index in [2.05, 4.69) is 14.7 Å². The molecule has 7 nitrogen and oxygen atoms in total. The molecule has 2 rings (SSSR count). The van der Waals surface area contributed by atoms with Crippen LogP contribution in [0.25, 0.3) is 0 Å². The predicted molar refractivity (Wildman–Crippen MR) is 73.0 cm³/mol. The van der Waals surface area contributed by atoms with Gasteiger partial charge in [0.15, 0.2) is 0 Å². The Balaban J connectivity index is 2.04. The van der Waals surface area contributed by atoms with Crippen LogP contribution in [-0.4, -0.2) is 45.0 Å². The molecule has 10 heteroatoms. The van der Waals surface area contributed by atoms with Crippen molar-refractivity contribution < 1.29 is 17.5 Å². The monoisotopic (exact) mass is 327 g/mol. The van der Waals surface area contributed by atoms with E-state index in [0.717, 1.165) is 12.4 Å². The van der Waals surface area contributed by atoms with E-state index < -0.39 is 20.6 Å². The first-order valence-electron chi connectivity index (χ1n) is 5.52. The van der Waals surface area contributed by atoms with Gasteiger partial charge in [-0.05, 0) is 24.4 Å². The van der Waals surface area contributed by atoms with Gasteiger partial charge in [0, 0.05) is 17.5 Å². The molecule has 1 aromatic heterocycles. The first kappa shape index (κ1) is 14.9. The molecule has 108 valence electrons. The van der Waals surface area contributed by atoms with E-state index in [4.69, 9.17) is 11.6 Å². The average molecular weight is 328 g/mol. The summed E-state index contributed by atoms with van der Waals surface area (Å²) in [6.07, 6.45) is 3.06. The molecule has 0 unspecified atom stereocenters. The van der Waals surface area contributed by atoms with E-state index >= 15 is 0 Å². The maximum atomic E-state index is 12.0. The summed E-state index contributed by atoms with van der Waals surface area (Å²) in [4.78, 5) is 7.18. The van der Waals surface area contributed by atoms with Gasteiger partial charge in [-0.3, -0.25) is 9.11 Å². The minimum atomic E-state index is -3.70. The molecule has 0 spiro atoms. The van der Waals surface area contributed by atoms with Crippen LogP contribution < -0.4 is 4.72 Å². The van der Waals surface area contributed by atoms with Crippen molar-refractivity contribution in [3.05, 3.63) is 17.7 Å². The van der Waals surface area contributed by atoms with Crippen molar-refractivity contribution in [3.63, 3.8) is 0 Å². The zero-order valence-electron chi connectivity index (χ0n) is 9.86. The maximum Gasteiger partial charge on any atom is 0.243 e. The fourth-order valence-corrected chi connectivity index (χ4v) is 4.57. The molecule has 0 saturated carbocycles. The molecule has 0 radical (unpaired) electrons. The number of hydrogen-bond donors (Lipinski definition) is 3. The van der Waals surface area contributed by atoms with Gasteiger partial charge < -0.3 is 0 Å². The third-order valence-corrected chi connectivity index (χ3v) is 6.26. The molecular weight excluding hydrogens is 314 g/mol. The molecule has 1 aliphatic heterocycles. The number of nitrogens with one attached hydrogen (secondary N) is 1. The number of hydrogen-bond acceptors (Lipinski definition) is 6. The van der Waals surface area contributed by atoms with Crippen LogP contribution in [0.4, 0.5) is 0 Å². The Morgan fingerprint density at radius 3 is 2.32 bits per heavy atom. The van der Waals surface area contributed by atoms with Crippen molar-refractivity contribution in [2.45, 2.75) is 23.8 Å². The van der Waals surface area contributed by atoms with Gasteiger partial charge in [-0.1, -0.05) is 0 Å². The number of rotatable bonds is 3. The number of nitrogens with zero attached hydrogens (tertiary/aromatic N) is 2. The van der Waals surface area contributed by atoms with Crippen molar-refractivity contribution in [2.24, 2.45) is 0 Å². The van der Waals surface area contributed by atoms with Gasteiger partial charge >= 0.3 is 0 Å². The standard InChI is InChI=1S/C9H14ClN3O4S2/c10-9-11-5-8(6-12-9)19(16,17)13-7-1-3-18(14,15)4-2-7/h5-7,13-15H,1-4H2. The van der Waals surface area contributed by atoms with Gasteiger partial charge in [0.1, 0.15) is 4.90 Å². The smallest absolute Gasteiger partial charge is 0.243 e. The molecule has 1 fully saturated rings. The summed E-state index contributed by atoms with van der Waals surface area (Å²) < 4.78 is 45.5. The summed E-state index contributed by atoms with van der Waals surface area (Å²) in [6, 6.07) is -0.305. The highest BCUT2D eigenvalue weighted by Gasteiger charge is 2.28. The van der Waals surface area contributed by atoms with E-state index in [1.165, 1.54) is 0 Å². The molecular formula is C9H14ClN3O4S2. The second-order valence-electron chi connectivity index (χ2n) is 4.29. The molecule has 19 heavy (non-hydrogen) atoms. The Hall–Kier alpha value is -0.450. The third-order valence-electron chi connectivity index (χ3n) is 2.82. The van der Waals surface area contributed by atoms with Gasteiger partial charge in [-0.15, -0.1) is 0 Å². The fraction of sp³-hybridized carbons (Fsp3) is 0.556. The predicted octanol–water partition coefficient (Wildman–Crippen LogP) is 1.32. The molecule has 0 aromatic carbocycles. The Bertz CT molecular complexity index is 539.